The normalized spacial score (nSPS) is 20.3. The number of ether oxygens (including phenoxy) is 2. The van der Waals surface area contributed by atoms with Gasteiger partial charge in [-0.05, 0) is 35.9 Å². The molecule has 2 atom stereocenters. The lowest BCUT2D eigenvalue weighted by Crippen LogP contribution is -2.34. The average Bonchev–Trinajstić information content (AvgIpc) is 3.15. The van der Waals surface area contributed by atoms with E-state index in [-0.39, 0.29) is 12.0 Å². The number of fused-ring (bicyclic) bond motifs is 3. The van der Waals surface area contributed by atoms with Gasteiger partial charge < -0.3 is 9.47 Å². The molecule has 27 heavy (non-hydrogen) atoms. The highest BCUT2D eigenvalue weighted by Crippen LogP contribution is 2.47. The van der Waals surface area contributed by atoms with Crippen LogP contribution in [0.1, 0.15) is 17.2 Å². The summed E-state index contributed by atoms with van der Waals surface area (Å²) in [5, 5.41) is 7.19. The first-order valence-corrected chi connectivity index (χ1v) is 9.14. The summed E-state index contributed by atoms with van der Waals surface area (Å²) in [5.74, 6) is 1.90. The minimum atomic E-state index is 0.0847. The van der Waals surface area contributed by atoms with Crippen molar-refractivity contribution < 1.29 is 9.47 Å². The van der Waals surface area contributed by atoms with Gasteiger partial charge in [0.15, 0.2) is 0 Å². The lowest BCUT2D eigenvalue weighted by Gasteiger charge is -2.34. The third-order valence-corrected chi connectivity index (χ3v) is 5.26. The second kappa shape index (κ2) is 6.47. The van der Waals surface area contributed by atoms with Crippen LogP contribution in [0.3, 0.4) is 0 Å². The summed E-state index contributed by atoms with van der Waals surface area (Å²) < 4.78 is 11.6. The number of para-hydroxylation sites is 1. The number of rotatable bonds is 3. The zero-order chi connectivity index (χ0) is 18.2. The molecule has 0 amide bonds. The van der Waals surface area contributed by atoms with E-state index in [2.05, 4.69) is 47.5 Å². The van der Waals surface area contributed by atoms with Crippen LogP contribution >= 0.6 is 0 Å². The van der Waals surface area contributed by atoms with E-state index in [0.717, 1.165) is 34.0 Å². The maximum Gasteiger partial charge on any atom is 0.124 e. The molecule has 0 saturated carbocycles. The molecule has 0 saturated heterocycles. The zero-order valence-corrected chi connectivity index (χ0v) is 15.1. The Hall–Kier alpha value is -3.27. The van der Waals surface area contributed by atoms with Crippen molar-refractivity contribution in [2.45, 2.75) is 6.04 Å². The highest BCUT2D eigenvalue weighted by Gasteiger charge is 2.44. The Balaban J connectivity index is 1.66. The summed E-state index contributed by atoms with van der Waals surface area (Å²) >= 11 is 0. The molecule has 2 unspecified atom stereocenters. The smallest absolute Gasteiger partial charge is 0.124 e. The number of benzene rings is 3. The van der Waals surface area contributed by atoms with Crippen LogP contribution in [0.4, 0.5) is 5.69 Å². The first kappa shape index (κ1) is 15.9. The summed E-state index contributed by atoms with van der Waals surface area (Å²) in [4.78, 5) is 0. The van der Waals surface area contributed by atoms with Gasteiger partial charge in [0.2, 0.25) is 0 Å². The molecule has 0 spiro atoms. The quantitative estimate of drug-likeness (QED) is 0.684. The van der Waals surface area contributed by atoms with E-state index >= 15 is 0 Å². The molecule has 4 nitrogen and oxygen atoms in total. The second-order valence-corrected chi connectivity index (χ2v) is 6.80. The minimum absolute atomic E-state index is 0.0847. The van der Waals surface area contributed by atoms with Gasteiger partial charge >= 0.3 is 0 Å². The van der Waals surface area contributed by atoms with Gasteiger partial charge in [0.1, 0.15) is 11.5 Å². The van der Waals surface area contributed by atoms with Crippen LogP contribution in [-0.2, 0) is 0 Å². The first-order valence-electron chi connectivity index (χ1n) is 9.14. The van der Waals surface area contributed by atoms with Crippen molar-refractivity contribution in [3.05, 3.63) is 90.0 Å². The van der Waals surface area contributed by atoms with Gasteiger partial charge in [-0.15, -0.1) is 0 Å². The average molecular weight is 356 g/mol. The van der Waals surface area contributed by atoms with Gasteiger partial charge in [-0.2, -0.15) is 5.10 Å². The van der Waals surface area contributed by atoms with E-state index in [4.69, 9.17) is 14.6 Å². The fraction of sp³-hybridized carbons (Fsp3) is 0.174. The number of hydrogen-bond donors (Lipinski definition) is 0. The Morgan fingerprint density at radius 2 is 1.70 bits per heavy atom. The number of methoxy groups -OCH3 is 1. The van der Waals surface area contributed by atoms with E-state index < -0.39 is 0 Å². The van der Waals surface area contributed by atoms with Crippen LogP contribution in [-0.4, -0.2) is 19.4 Å². The molecule has 2 heterocycles. The van der Waals surface area contributed by atoms with Crippen LogP contribution in [0.15, 0.2) is 84.0 Å². The molecular formula is C23H20N2O2. The van der Waals surface area contributed by atoms with Crippen molar-refractivity contribution in [1.29, 1.82) is 0 Å². The summed E-state index contributed by atoms with van der Waals surface area (Å²) in [6.07, 6.45) is 0. The van der Waals surface area contributed by atoms with Crippen molar-refractivity contribution in [1.82, 2.24) is 0 Å². The number of anilines is 1. The van der Waals surface area contributed by atoms with E-state index in [1.54, 1.807) is 7.11 Å². The van der Waals surface area contributed by atoms with E-state index in [1.807, 2.05) is 36.4 Å². The highest BCUT2D eigenvalue weighted by atomic mass is 16.5. The van der Waals surface area contributed by atoms with Crippen LogP contribution in [0.25, 0.3) is 0 Å². The number of hydrazone groups is 1. The molecule has 0 N–H and O–H groups in total. The Bertz CT molecular complexity index is 986. The lowest BCUT2D eigenvalue weighted by molar-refractivity contribution is 0.238. The van der Waals surface area contributed by atoms with Gasteiger partial charge in [-0.3, -0.25) is 5.01 Å². The van der Waals surface area contributed by atoms with Gasteiger partial charge in [-0.1, -0.05) is 48.5 Å². The van der Waals surface area contributed by atoms with E-state index in [0.29, 0.717) is 6.61 Å². The molecule has 134 valence electrons. The van der Waals surface area contributed by atoms with Gasteiger partial charge in [0.25, 0.3) is 0 Å². The predicted molar refractivity (Wildman–Crippen MR) is 107 cm³/mol. The molecular weight excluding hydrogens is 336 g/mol. The molecule has 4 heteroatoms. The van der Waals surface area contributed by atoms with Crippen molar-refractivity contribution in [3.63, 3.8) is 0 Å². The molecule has 0 aliphatic carbocycles. The predicted octanol–water partition coefficient (Wildman–Crippen LogP) is 4.67. The third-order valence-electron chi connectivity index (χ3n) is 5.26. The fourth-order valence-electron chi connectivity index (χ4n) is 3.97. The Morgan fingerprint density at radius 1 is 0.963 bits per heavy atom. The van der Waals surface area contributed by atoms with Gasteiger partial charge in [0, 0.05) is 5.56 Å². The molecule has 5 rings (SSSR count). The molecule has 3 aromatic rings. The fourth-order valence-corrected chi connectivity index (χ4v) is 3.97. The van der Waals surface area contributed by atoms with Crippen molar-refractivity contribution in [3.8, 4) is 11.5 Å². The SMILES string of the molecule is COc1ccc2c(c1)C1C(CO2)C(c2ccccc2)=NN1c1ccccc1. The molecule has 3 aromatic carbocycles. The van der Waals surface area contributed by atoms with Crippen molar-refractivity contribution in [2.75, 3.05) is 18.7 Å². The van der Waals surface area contributed by atoms with Crippen LogP contribution < -0.4 is 14.5 Å². The second-order valence-electron chi connectivity index (χ2n) is 6.80. The molecule has 2 aliphatic rings. The standard InChI is InChI=1S/C23H20N2O2/c1-26-18-12-13-21-19(14-18)23-20(15-27-21)22(16-8-4-2-5-9-16)24-25(23)17-10-6-3-7-11-17/h2-14,20,23H,15H2,1H3. The summed E-state index contributed by atoms with van der Waals surface area (Å²) in [6.45, 7) is 0.612. The van der Waals surface area contributed by atoms with Crippen LogP contribution in [0.5, 0.6) is 11.5 Å². The molecule has 0 radical (unpaired) electrons. The molecule has 0 fully saturated rings. The van der Waals surface area contributed by atoms with Crippen LogP contribution in [0, 0.1) is 5.92 Å². The Labute approximate surface area is 158 Å². The molecule has 0 bridgehead atoms. The topological polar surface area (TPSA) is 34.1 Å². The Kier molecular flexibility index (Phi) is 3.82. The summed E-state index contributed by atoms with van der Waals surface area (Å²) in [7, 11) is 1.69. The highest BCUT2D eigenvalue weighted by molar-refractivity contribution is 6.05. The third kappa shape index (κ3) is 2.65. The lowest BCUT2D eigenvalue weighted by atomic mass is 9.85. The van der Waals surface area contributed by atoms with Gasteiger partial charge in [0.05, 0.1) is 37.1 Å². The Morgan fingerprint density at radius 3 is 2.44 bits per heavy atom. The molecule has 2 aliphatic heterocycles. The zero-order valence-electron chi connectivity index (χ0n) is 15.1. The number of hydrogen-bond acceptors (Lipinski definition) is 4. The maximum absolute atomic E-state index is 6.11. The van der Waals surface area contributed by atoms with Crippen molar-refractivity contribution >= 4 is 11.4 Å². The summed E-state index contributed by atoms with van der Waals surface area (Å²) in [6, 6.07) is 26.8. The van der Waals surface area contributed by atoms with E-state index in [9.17, 15) is 0 Å². The minimum Gasteiger partial charge on any atom is -0.497 e. The number of nitrogens with zero attached hydrogens (tertiary/aromatic N) is 2. The molecule has 0 aromatic heterocycles. The monoisotopic (exact) mass is 356 g/mol. The van der Waals surface area contributed by atoms with Crippen LogP contribution in [0.2, 0.25) is 0 Å². The summed E-state index contributed by atoms with van der Waals surface area (Å²) in [5.41, 5.74) is 4.40. The largest absolute Gasteiger partial charge is 0.497 e. The van der Waals surface area contributed by atoms with Gasteiger partial charge in [-0.25, -0.2) is 0 Å². The maximum atomic E-state index is 6.11. The van der Waals surface area contributed by atoms with Crippen molar-refractivity contribution in [2.24, 2.45) is 11.0 Å². The first-order chi connectivity index (χ1) is 13.3. The van der Waals surface area contributed by atoms with E-state index in [1.165, 1.54) is 0 Å².